The molecule has 2 aromatic carbocycles. The van der Waals surface area contributed by atoms with Crippen LogP contribution in [0.1, 0.15) is 5.69 Å². The number of pyridine rings is 1. The van der Waals surface area contributed by atoms with Gasteiger partial charge in [-0.3, -0.25) is 9.78 Å². The molecule has 0 fully saturated rings. The second kappa shape index (κ2) is 6.28. The van der Waals surface area contributed by atoms with Crippen LogP contribution in [-0.2, 0) is 0 Å². The third kappa shape index (κ3) is 2.50. The monoisotopic (exact) mass is 385 g/mol. The topological polar surface area (TPSA) is 67.8 Å². The lowest BCUT2D eigenvalue weighted by Crippen LogP contribution is -2.33. The van der Waals surface area contributed by atoms with Crippen molar-refractivity contribution in [1.29, 1.82) is 0 Å². The van der Waals surface area contributed by atoms with E-state index in [1.165, 1.54) is 15.9 Å². The van der Waals surface area contributed by atoms with E-state index in [9.17, 15) is 9.59 Å². The van der Waals surface area contributed by atoms with Crippen LogP contribution in [0.25, 0.3) is 37.1 Å². The van der Waals surface area contributed by atoms with Gasteiger partial charge in [-0.2, -0.15) is 0 Å². The van der Waals surface area contributed by atoms with Crippen LogP contribution in [0.4, 0.5) is 0 Å². The standard InChI is InChI=1S/C22H15N3O2S/c1-13-15(9-5-11-23-13)19-12-17-20(28-19)21(26)25(22(27)24-17)18-10-4-7-14-6-2-3-8-16(14)18/h2-12H,1H3,(H,24,27). The number of aromatic nitrogens is 3. The van der Waals surface area contributed by atoms with Gasteiger partial charge in [0.2, 0.25) is 0 Å². The number of aromatic amines is 1. The number of aryl methyl sites for hydroxylation is 1. The van der Waals surface area contributed by atoms with Gasteiger partial charge in [0.25, 0.3) is 5.56 Å². The van der Waals surface area contributed by atoms with Crippen molar-refractivity contribution in [2.24, 2.45) is 0 Å². The van der Waals surface area contributed by atoms with E-state index in [-0.39, 0.29) is 5.56 Å². The van der Waals surface area contributed by atoms with Crippen molar-refractivity contribution < 1.29 is 0 Å². The minimum atomic E-state index is -0.443. The Morgan fingerprint density at radius 1 is 1.00 bits per heavy atom. The third-order valence-electron chi connectivity index (χ3n) is 4.85. The molecule has 5 aromatic rings. The second-order valence-corrected chi connectivity index (χ2v) is 7.61. The van der Waals surface area contributed by atoms with Gasteiger partial charge in [0.1, 0.15) is 4.70 Å². The number of hydrogen-bond acceptors (Lipinski definition) is 4. The summed E-state index contributed by atoms with van der Waals surface area (Å²) in [5, 5.41) is 1.83. The number of benzene rings is 2. The van der Waals surface area contributed by atoms with Crippen molar-refractivity contribution >= 4 is 32.3 Å². The second-order valence-electron chi connectivity index (χ2n) is 6.56. The van der Waals surface area contributed by atoms with Gasteiger partial charge in [-0.15, -0.1) is 11.3 Å². The zero-order chi connectivity index (χ0) is 19.3. The van der Waals surface area contributed by atoms with E-state index < -0.39 is 5.69 Å². The van der Waals surface area contributed by atoms with E-state index in [1.807, 2.05) is 61.5 Å². The van der Waals surface area contributed by atoms with Crippen LogP contribution < -0.4 is 11.2 Å². The molecule has 3 aromatic heterocycles. The van der Waals surface area contributed by atoms with E-state index in [4.69, 9.17) is 0 Å². The maximum atomic E-state index is 13.3. The number of thiophene rings is 1. The molecule has 0 aliphatic carbocycles. The summed E-state index contributed by atoms with van der Waals surface area (Å²) in [7, 11) is 0. The first-order chi connectivity index (χ1) is 13.6. The molecule has 5 nitrogen and oxygen atoms in total. The largest absolute Gasteiger partial charge is 0.333 e. The average Bonchev–Trinajstić information content (AvgIpc) is 3.12. The Hall–Kier alpha value is -3.51. The van der Waals surface area contributed by atoms with Crippen molar-refractivity contribution in [2.45, 2.75) is 6.92 Å². The number of hydrogen-bond donors (Lipinski definition) is 1. The number of rotatable bonds is 2. The summed E-state index contributed by atoms with van der Waals surface area (Å²) < 4.78 is 1.74. The van der Waals surface area contributed by atoms with Crippen molar-refractivity contribution in [2.75, 3.05) is 0 Å². The van der Waals surface area contributed by atoms with Crippen LogP contribution in [0.5, 0.6) is 0 Å². The molecule has 136 valence electrons. The fraction of sp³-hybridized carbons (Fsp3) is 0.0455. The maximum Gasteiger partial charge on any atom is 0.333 e. The van der Waals surface area contributed by atoms with E-state index >= 15 is 0 Å². The molecular weight excluding hydrogens is 370 g/mol. The summed E-state index contributed by atoms with van der Waals surface area (Å²) >= 11 is 1.37. The fourth-order valence-corrected chi connectivity index (χ4v) is 4.63. The lowest BCUT2D eigenvalue weighted by Gasteiger charge is -2.08. The maximum absolute atomic E-state index is 13.3. The number of H-pyrrole nitrogens is 1. The molecule has 6 heteroatoms. The van der Waals surface area contributed by atoms with Crippen LogP contribution in [0.2, 0.25) is 0 Å². The van der Waals surface area contributed by atoms with E-state index in [0.717, 1.165) is 26.9 Å². The van der Waals surface area contributed by atoms with Crippen LogP contribution in [0.3, 0.4) is 0 Å². The number of nitrogens with zero attached hydrogens (tertiary/aromatic N) is 2. The summed E-state index contributed by atoms with van der Waals surface area (Å²) in [5.74, 6) is 0. The molecule has 0 aliphatic heterocycles. The molecule has 3 heterocycles. The highest BCUT2D eigenvalue weighted by atomic mass is 32.1. The first kappa shape index (κ1) is 16.6. The predicted molar refractivity (Wildman–Crippen MR) is 114 cm³/mol. The van der Waals surface area contributed by atoms with E-state index in [0.29, 0.717) is 15.9 Å². The summed E-state index contributed by atoms with van der Waals surface area (Å²) in [5.41, 5.74) is 2.22. The van der Waals surface area contributed by atoms with Crippen molar-refractivity contribution in [1.82, 2.24) is 14.5 Å². The van der Waals surface area contributed by atoms with Gasteiger partial charge in [0.15, 0.2) is 0 Å². The number of fused-ring (bicyclic) bond motifs is 2. The molecule has 28 heavy (non-hydrogen) atoms. The summed E-state index contributed by atoms with van der Waals surface area (Å²) in [6.45, 7) is 1.93. The fourth-order valence-electron chi connectivity index (χ4n) is 3.51. The zero-order valence-electron chi connectivity index (χ0n) is 15.0. The Morgan fingerprint density at radius 2 is 1.82 bits per heavy atom. The van der Waals surface area contributed by atoms with Gasteiger partial charge < -0.3 is 4.98 Å². The van der Waals surface area contributed by atoms with Crippen molar-refractivity contribution in [3.8, 4) is 16.1 Å². The molecule has 0 aliphatic rings. The molecule has 0 saturated heterocycles. The molecule has 0 atom stereocenters. The third-order valence-corrected chi connectivity index (χ3v) is 6.01. The minimum Gasteiger partial charge on any atom is -0.306 e. The highest BCUT2D eigenvalue weighted by Crippen LogP contribution is 2.32. The highest BCUT2D eigenvalue weighted by molar-refractivity contribution is 7.22. The van der Waals surface area contributed by atoms with E-state index in [2.05, 4.69) is 9.97 Å². The van der Waals surface area contributed by atoms with Gasteiger partial charge in [-0.05, 0) is 30.5 Å². The van der Waals surface area contributed by atoms with Crippen LogP contribution >= 0.6 is 11.3 Å². The first-order valence-corrected chi connectivity index (χ1v) is 9.64. The quantitative estimate of drug-likeness (QED) is 0.494. The van der Waals surface area contributed by atoms with E-state index in [1.54, 1.807) is 12.3 Å². The normalized spacial score (nSPS) is 11.3. The first-order valence-electron chi connectivity index (χ1n) is 8.82. The van der Waals surface area contributed by atoms with Crippen LogP contribution in [0, 0.1) is 6.92 Å². The van der Waals surface area contributed by atoms with Crippen LogP contribution in [0.15, 0.2) is 76.4 Å². The van der Waals surface area contributed by atoms with Gasteiger partial charge >= 0.3 is 5.69 Å². The van der Waals surface area contributed by atoms with Crippen molar-refractivity contribution in [3.63, 3.8) is 0 Å². The molecule has 0 amide bonds. The predicted octanol–water partition coefficient (Wildman–Crippen LogP) is 4.26. The van der Waals surface area contributed by atoms with Crippen molar-refractivity contribution in [3.05, 3.63) is 93.4 Å². The van der Waals surface area contributed by atoms with Gasteiger partial charge in [0, 0.05) is 27.7 Å². The Balaban J connectivity index is 1.81. The van der Waals surface area contributed by atoms with Gasteiger partial charge in [-0.1, -0.05) is 42.5 Å². The van der Waals surface area contributed by atoms with Gasteiger partial charge in [0.05, 0.1) is 11.2 Å². The summed E-state index contributed by atoms with van der Waals surface area (Å²) in [6, 6.07) is 19.0. The summed E-state index contributed by atoms with van der Waals surface area (Å²) in [6.07, 6.45) is 1.74. The highest BCUT2D eigenvalue weighted by Gasteiger charge is 2.16. The molecule has 1 N–H and O–H groups in total. The molecule has 0 spiro atoms. The molecule has 0 radical (unpaired) electrons. The summed E-state index contributed by atoms with van der Waals surface area (Å²) in [4.78, 5) is 34.2. The molecule has 0 saturated carbocycles. The molecule has 0 bridgehead atoms. The Kier molecular flexibility index (Phi) is 3.74. The molecular formula is C22H15N3O2S. The van der Waals surface area contributed by atoms with Gasteiger partial charge in [-0.25, -0.2) is 9.36 Å². The smallest absolute Gasteiger partial charge is 0.306 e. The Labute approximate surface area is 163 Å². The number of nitrogens with one attached hydrogen (secondary N) is 1. The minimum absolute atomic E-state index is 0.312. The molecule has 5 rings (SSSR count). The Bertz CT molecular complexity index is 1470. The lowest BCUT2D eigenvalue weighted by molar-refractivity contribution is 0.911. The average molecular weight is 385 g/mol. The molecule has 0 unspecified atom stereocenters. The van der Waals surface area contributed by atoms with Crippen LogP contribution in [-0.4, -0.2) is 14.5 Å². The Morgan fingerprint density at radius 3 is 2.68 bits per heavy atom. The zero-order valence-corrected chi connectivity index (χ0v) is 15.8. The SMILES string of the molecule is Cc1ncccc1-c1cc2[nH]c(=O)n(-c3cccc4ccccc34)c(=O)c2s1. The lowest BCUT2D eigenvalue weighted by atomic mass is 10.1.